The first-order valence-electron chi connectivity index (χ1n) is 9.25. The van der Waals surface area contributed by atoms with E-state index in [2.05, 4.69) is 5.32 Å². The molecule has 1 amide bonds. The van der Waals surface area contributed by atoms with E-state index in [0.29, 0.717) is 17.9 Å². The Morgan fingerprint density at radius 1 is 0.964 bits per heavy atom. The van der Waals surface area contributed by atoms with Crippen LogP contribution < -0.4 is 10.1 Å². The zero-order valence-corrected chi connectivity index (χ0v) is 16.1. The third kappa shape index (κ3) is 6.87. The molecule has 1 atom stereocenters. The summed E-state index contributed by atoms with van der Waals surface area (Å²) in [5.41, 5.74) is 1.47. The average Bonchev–Trinajstić information content (AvgIpc) is 2.72. The van der Waals surface area contributed by atoms with E-state index in [1.54, 1.807) is 24.3 Å². The van der Waals surface area contributed by atoms with Gasteiger partial charge in [-0.15, -0.1) is 0 Å². The summed E-state index contributed by atoms with van der Waals surface area (Å²) in [6.45, 7) is 3.92. The standard InChI is InChI=1S/C22H25NO5/c1-3-27-19-11-9-18(10-12-19)20(24)13-14-22(26)28-15-21(25)23-16(2)17-7-5-4-6-8-17/h4-12,16H,3,13-15H2,1-2H3,(H,23,25)/t16-/m0/s1. The molecular weight excluding hydrogens is 358 g/mol. The number of nitrogens with one attached hydrogen (secondary N) is 1. The number of benzene rings is 2. The average molecular weight is 383 g/mol. The number of hydrogen-bond donors (Lipinski definition) is 1. The fourth-order valence-electron chi connectivity index (χ4n) is 2.59. The number of hydrogen-bond acceptors (Lipinski definition) is 5. The predicted molar refractivity (Wildman–Crippen MR) is 105 cm³/mol. The molecule has 2 rings (SSSR count). The molecule has 0 heterocycles. The Labute approximate surface area is 164 Å². The molecule has 0 saturated carbocycles. The Morgan fingerprint density at radius 2 is 1.64 bits per heavy atom. The predicted octanol–water partition coefficient (Wildman–Crippen LogP) is 3.47. The van der Waals surface area contributed by atoms with E-state index in [1.165, 1.54) is 0 Å². The molecular formula is C22H25NO5. The van der Waals surface area contributed by atoms with Crippen molar-refractivity contribution >= 4 is 17.7 Å². The van der Waals surface area contributed by atoms with E-state index in [0.717, 1.165) is 5.56 Å². The monoisotopic (exact) mass is 383 g/mol. The highest BCUT2D eigenvalue weighted by molar-refractivity contribution is 5.97. The topological polar surface area (TPSA) is 81.7 Å². The highest BCUT2D eigenvalue weighted by Crippen LogP contribution is 2.14. The minimum atomic E-state index is -0.582. The largest absolute Gasteiger partial charge is 0.494 e. The second kappa shape index (κ2) is 10.9. The number of carbonyl (C=O) groups is 3. The number of rotatable bonds is 10. The van der Waals surface area contributed by atoms with Crippen LogP contribution in [0.4, 0.5) is 0 Å². The maximum Gasteiger partial charge on any atom is 0.306 e. The fraction of sp³-hybridized carbons (Fsp3) is 0.318. The summed E-state index contributed by atoms with van der Waals surface area (Å²) in [7, 11) is 0. The van der Waals surface area contributed by atoms with Crippen LogP contribution in [0.5, 0.6) is 5.75 Å². The minimum Gasteiger partial charge on any atom is -0.494 e. The van der Waals surface area contributed by atoms with E-state index in [1.807, 2.05) is 44.2 Å². The van der Waals surface area contributed by atoms with E-state index in [-0.39, 0.29) is 37.2 Å². The SMILES string of the molecule is CCOc1ccc(C(=O)CCC(=O)OCC(=O)N[C@@H](C)c2ccccc2)cc1. The molecule has 2 aromatic rings. The van der Waals surface area contributed by atoms with Crippen molar-refractivity contribution in [2.45, 2.75) is 32.7 Å². The molecule has 0 saturated heterocycles. The van der Waals surface area contributed by atoms with E-state index >= 15 is 0 Å². The summed E-state index contributed by atoms with van der Waals surface area (Å²) in [6, 6.07) is 16.1. The smallest absolute Gasteiger partial charge is 0.306 e. The van der Waals surface area contributed by atoms with Gasteiger partial charge in [-0.05, 0) is 43.7 Å². The third-order valence-corrected chi connectivity index (χ3v) is 4.08. The van der Waals surface area contributed by atoms with Crippen LogP contribution in [0.3, 0.4) is 0 Å². The second-order valence-electron chi connectivity index (χ2n) is 6.24. The highest BCUT2D eigenvalue weighted by atomic mass is 16.5. The van der Waals surface area contributed by atoms with Crippen molar-refractivity contribution in [1.82, 2.24) is 5.32 Å². The second-order valence-corrected chi connectivity index (χ2v) is 6.24. The first-order chi connectivity index (χ1) is 13.5. The molecule has 0 spiro atoms. The first-order valence-corrected chi connectivity index (χ1v) is 9.25. The number of amides is 1. The number of Topliss-reactive ketones (excluding diaryl/α,β-unsaturated/α-hetero) is 1. The molecule has 0 unspecified atom stereocenters. The number of esters is 1. The van der Waals surface area contributed by atoms with Gasteiger partial charge in [0.2, 0.25) is 0 Å². The Morgan fingerprint density at radius 3 is 2.29 bits per heavy atom. The van der Waals surface area contributed by atoms with Crippen molar-refractivity contribution in [1.29, 1.82) is 0 Å². The van der Waals surface area contributed by atoms with Crippen molar-refractivity contribution < 1.29 is 23.9 Å². The number of ketones is 1. The van der Waals surface area contributed by atoms with Crippen LogP contribution >= 0.6 is 0 Å². The van der Waals surface area contributed by atoms with Crippen LogP contribution in [0.25, 0.3) is 0 Å². The minimum absolute atomic E-state index is 0.0227. The lowest BCUT2D eigenvalue weighted by Crippen LogP contribution is -2.31. The van der Waals surface area contributed by atoms with E-state index < -0.39 is 5.97 Å². The van der Waals surface area contributed by atoms with Crippen molar-refractivity contribution in [3.8, 4) is 5.75 Å². The Hall–Kier alpha value is -3.15. The van der Waals surface area contributed by atoms with Gasteiger partial charge in [-0.25, -0.2) is 0 Å². The fourth-order valence-corrected chi connectivity index (χ4v) is 2.59. The number of carbonyl (C=O) groups excluding carboxylic acids is 3. The van der Waals surface area contributed by atoms with Gasteiger partial charge in [-0.3, -0.25) is 14.4 Å². The molecule has 0 aliphatic carbocycles. The maximum absolute atomic E-state index is 12.1. The highest BCUT2D eigenvalue weighted by Gasteiger charge is 2.14. The van der Waals surface area contributed by atoms with Gasteiger partial charge in [0, 0.05) is 12.0 Å². The lowest BCUT2D eigenvalue weighted by Gasteiger charge is -2.14. The van der Waals surface area contributed by atoms with Crippen molar-refractivity contribution in [3.63, 3.8) is 0 Å². The summed E-state index contributed by atoms with van der Waals surface area (Å²) in [6.07, 6.45) is -0.0532. The van der Waals surface area contributed by atoms with Crippen LogP contribution in [0.1, 0.15) is 48.7 Å². The van der Waals surface area contributed by atoms with Gasteiger partial charge in [0.15, 0.2) is 12.4 Å². The van der Waals surface area contributed by atoms with Crippen molar-refractivity contribution in [2.75, 3.05) is 13.2 Å². The quantitative estimate of drug-likeness (QED) is 0.502. The van der Waals surface area contributed by atoms with Gasteiger partial charge in [0.05, 0.1) is 19.1 Å². The van der Waals surface area contributed by atoms with Crippen LogP contribution in [0, 0.1) is 0 Å². The molecule has 6 heteroatoms. The van der Waals surface area contributed by atoms with Gasteiger partial charge in [-0.1, -0.05) is 30.3 Å². The molecule has 6 nitrogen and oxygen atoms in total. The van der Waals surface area contributed by atoms with E-state index in [4.69, 9.17) is 9.47 Å². The summed E-state index contributed by atoms with van der Waals surface area (Å²) in [5.74, 6) is -0.444. The zero-order chi connectivity index (χ0) is 20.4. The third-order valence-electron chi connectivity index (χ3n) is 4.08. The Balaban J connectivity index is 1.70. The Kier molecular flexibility index (Phi) is 8.21. The summed E-state index contributed by atoms with van der Waals surface area (Å²) in [4.78, 5) is 35.8. The number of ether oxygens (including phenoxy) is 2. The van der Waals surface area contributed by atoms with Crippen LogP contribution in [-0.4, -0.2) is 30.9 Å². The van der Waals surface area contributed by atoms with Gasteiger partial charge < -0.3 is 14.8 Å². The normalized spacial score (nSPS) is 11.4. The summed E-state index contributed by atoms with van der Waals surface area (Å²) in [5, 5.41) is 2.76. The molecule has 0 bridgehead atoms. The van der Waals surface area contributed by atoms with Crippen molar-refractivity contribution in [2.24, 2.45) is 0 Å². The van der Waals surface area contributed by atoms with Crippen molar-refractivity contribution in [3.05, 3.63) is 65.7 Å². The molecule has 1 N–H and O–H groups in total. The first kappa shape index (κ1) is 21.2. The summed E-state index contributed by atoms with van der Waals surface area (Å²) >= 11 is 0. The molecule has 0 aliphatic rings. The lowest BCUT2D eigenvalue weighted by atomic mass is 10.1. The lowest BCUT2D eigenvalue weighted by molar-refractivity contribution is -0.148. The molecule has 0 radical (unpaired) electrons. The van der Waals surface area contributed by atoms with Gasteiger partial charge in [0.1, 0.15) is 5.75 Å². The Bertz CT molecular complexity index is 786. The van der Waals surface area contributed by atoms with Crippen LogP contribution in [0.15, 0.2) is 54.6 Å². The summed E-state index contributed by atoms with van der Waals surface area (Å²) < 4.78 is 10.3. The molecule has 0 aromatic heterocycles. The molecule has 28 heavy (non-hydrogen) atoms. The van der Waals surface area contributed by atoms with E-state index in [9.17, 15) is 14.4 Å². The molecule has 148 valence electrons. The zero-order valence-electron chi connectivity index (χ0n) is 16.1. The van der Waals surface area contributed by atoms with Gasteiger partial charge in [-0.2, -0.15) is 0 Å². The van der Waals surface area contributed by atoms with Crippen LogP contribution in [0.2, 0.25) is 0 Å². The molecule has 0 aliphatic heterocycles. The van der Waals surface area contributed by atoms with Gasteiger partial charge >= 0.3 is 5.97 Å². The molecule has 2 aromatic carbocycles. The maximum atomic E-state index is 12.1. The van der Waals surface area contributed by atoms with Gasteiger partial charge in [0.25, 0.3) is 5.91 Å². The molecule has 0 fully saturated rings. The van der Waals surface area contributed by atoms with Crippen LogP contribution in [-0.2, 0) is 14.3 Å².